The quantitative estimate of drug-likeness (QED) is 0.737. The zero-order valence-corrected chi connectivity index (χ0v) is 14.2. The molecule has 0 spiro atoms. The normalized spacial score (nSPS) is 15.3. The largest absolute Gasteiger partial charge is 0.493 e. The molecular weight excluding hydrogens is 308 g/mol. The second kappa shape index (κ2) is 9.27. The zero-order chi connectivity index (χ0) is 17.4. The average Bonchev–Trinajstić information content (AvgIpc) is 2.59. The maximum absolute atomic E-state index is 12.7. The molecule has 0 radical (unpaired) electrons. The highest BCUT2D eigenvalue weighted by Gasteiger charge is 2.23. The summed E-state index contributed by atoms with van der Waals surface area (Å²) in [6.07, 6.45) is 1.82. The van der Waals surface area contributed by atoms with Crippen LogP contribution in [0.15, 0.2) is 24.3 Å². The van der Waals surface area contributed by atoms with Gasteiger partial charge in [-0.3, -0.25) is 14.5 Å². The summed E-state index contributed by atoms with van der Waals surface area (Å²) < 4.78 is 5.55. The molecule has 0 aromatic heterocycles. The Morgan fingerprint density at radius 1 is 1.12 bits per heavy atom. The molecule has 1 saturated heterocycles. The third-order valence-corrected chi connectivity index (χ3v) is 4.19. The summed E-state index contributed by atoms with van der Waals surface area (Å²) >= 11 is 0. The summed E-state index contributed by atoms with van der Waals surface area (Å²) in [4.78, 5) is 27.4. The average molecular weight is 334 g/mol. The summed E-state index contributed by atoms with van der Waals surface area (Å²) in [6, 6.07) is 7.37. The van der Waals surface area contributed by atoms with Crippen molar-refractivity contribution in [3.05, 3.63) is 29.8 Å². The zero-order valence-electron chi connectivity index (χ0n) is 14.2. The number of hydrogen-bond acceptors (Lipinski definition) is 4. The van der Waals surface area contributed by atoms with E-state index in [-0.39, 0.29) is 12.3 Å². The molecule has 0 unspecified atom stereocenters. The Hall–Kier alpha value is -2.08. The summed E-state index contributed by atoms with van der Waals surface area (Å²) in [5.74, 6) is -0.0796. The van der Waals surface area contributed by atoms with Gasteiger partial charge in [0.2, 0.25) is 0 Å². The van der Waals surface area contributed by atoms with Crippen molar-refractivity contribution < 1.29 is 19.4 Å². The Labute approximate surface area is 143 Å². The Morgan fingerprint density at radius 3 is 2.50 bits per heavy atom. The number of benzene rings is 1. The van der Waals surface area contributed by atoms with E-state index < -0.39 is 5.97 Å². The Morgan fingerprint density at radius 2 is 1.83 bits per heavy atom. The van der Waals surface area contributed by atoms with Crippen LogP contribution in [0.3, 0.4) is 0 Å². The number of carboxylic acid groups (broad SMARTS) is 1. The molecule has 2 rings (SSSR count). The predicted molar refractivity (Wildman–Crippen MR) is 91.4 cm³/mol. The third kappa shape index (κ3) is 5.23. The molecule has 1 fully saturated rings. The van der Waals surface area contributed by atoms with Crippen molar-refractivity contribution in [1.82, 2.24) is 9.80 Å². The lowest BCUT2D eigenvalue weighted by Gasteiger charge is -2.35. The van der Waals surface area contributed by atoms with Crippen LogP contribution in [0.5, 0.6) is 5.75 Å². The molecule has 6 heteroatoms. The molecule has 1 N–H and O–H groups in total. The molecule has 1 aliphatic rings. The van der Waals surface area contributed by atoms with Gasteiger partial charge in [0, 0.05) is 32.6 Å². The molecule has 0 saturated carbocycles. The second-order valence-corrected chi connectivity index (χ2v) is 5.91. The summed E-state index contributed by atoms with van der Waals surface area (Å²) in [7, 11) is 0. The number of para-hydroxylation sites is 1. The van der Waals surface area contributed by atoms with Crippen LogP contribution in [0.2, 0.25) is 0 Å². The van der Waals surface area contributed by atoms with Crippen molar-refractivity contribution in [2.24, 2.45) is 0 Å². The van der Waals surface area contributed by atoms with E-state index in [0.29, 0.717) is 37.4 Å². The van der Waals surface area contributed by atoms with Crippen LogP contribution < -0.4 is 4.74 Å². The number of rotatable bonds is 8. The first-order chi connectivity index (χ1) is 11.6. The monoisotopic (exact) mass is 334 g/mol. The van der Waals surface area contributed by atoms with Crippen molar-refractivity contribution in [1.29, 1.82) is 0 Å². The van der Waals surface area contributed by atoms with E-state index in [1.807, 2.05) is 36.1 Å². The van der Waals surface area contributed by atoms with Crippen molar-refractivity contribution in [3.8, 4) is 5.75 Å². The minimum atomic E-state index is -0.738. The first-order valence-electron chi connectivity index (χ1n) is 8.57. The number of nitrogens with zero attached hydrogens (tertiary/aromatic N) is 2. The van der Waals surface area contributed by atoms with Crippen molar-refractivity contribution in [2.45, 2.75) is 26.2 Å². The Balaban J connectivity index is 1.81. The van der Waals surface area contributed by atoms with E-state index in [2.05, 4.69) is 4.90 Å². The molecule has 1 heterocycles. The molecule has 0 atom stereocenters. The molecule has 0 aliphatic carbocycles. The van der Waals surface area contributed by atoms with E-state index in [1.54, 1.807) is 0 Å². The lowest BCUT2D eigenvalue weighted by Crippen LogP contribution is -2.48. The van der Waals surface area contributed by atoms with Gasteiger partial charge in [-0.05, 0) is 38.4 Å². The molecule has 1 amide bonds. The highest BCUT2D eigenvalue weighted by atomic mass is 16.5. The minimum absolute atomic E-state index is 0.0181. The van der Waals surface area contributed by atoms with E-state index in [1.165, 1.54) is 0 Å². The molecule has 1 aromatic carbocycles. The van der Waals surface area contributed by atoms with Crippen molar-refractivity contribution >= 4 is 11.9 Å². The molecule has 24 heavy (non-hydrogen) atoms. The highest BCUT2D eigenvalue weighted by Crippen LogP contribution is 2.20. The van der Waals surface area contributed by atoms with Crippen LogP contribution in [0.1, 0.15) is 36.5 Å². The number of ether oxygens (including phenoxy) is 1. The maximum Gasteiger partial charge on any atom is 0.303 e. The molecule has 132 valence electrons. The van der Waals surface area contributed by atoms with Crippen LogP contribution in [0, 0.1) is 0 Å². The lowest BCUT2D eigenvalue weighted by atomic mass is 10.1. The topological polar surface area (TPSA) is 70.1 Å². The van der Waals surface area contributed by atoms with Gasteiger partial charge in [-0.15, -0.1) is 0 Å². The highest BCUT2D eigenvalue weighted by molar-refractivity contribution is 5.97. The molecule has 1 aliphatic heterocycles. The van der Waals surface area contributed by atoms with Crippen LogP contribution in [-0.2, 0) is 4.79 Å². The summed E-state index contributed by atoms with van der Waals surface area (Å²) in [5.41, 5.74) is 0.620. The van der Waals surface area contributed by atoms with E-state index in [9.17, 15) is 9.59 Å². The summed E-state index contributed by atoms with van der Waals surface area (Å²) in [5, 5.41) is 8.65. The molecule has 6 nitrogen and oxygen atoms in total. The van der Waals surface area contributed by atoms with Gasteiger partial charge in [-0.2, -0.15) is 0 Å². The van der Waals surface area contributed by atoms with Crippen LogP contribution in [0.25, 0.3) is 0 Å². The standard InChI is InChI=1S/C18H26N2O4/c1-2-24-16-8-4-3-7-15(16)18(23)20-13-11-19(12-14-20)10-6-5-9-17(21)22/h3-4,7-8H,2,5-6,9-14H2,1H3,(H,21,22). The van der Waals surface area contributed by atoms with Gasteiger partial charge >= 0.3 is 5.97 Å². The first-order valence-corrected chi connectivity index (χ1v) is 8.57. The van der Waals surface area contributed by atoms with E-state index >= 15 is 0 Å². The number of carboxylic acids is 1. The van der Waals surface area contributed by atoms with Crippen molar-refractivity contribution in [3.63, 3.8) is 0 Å². The van der Waals surface area contributed by atoms with Crippen molar-refractivity contribution in [2.75, 3.05) is 39.3 Å². The maximum atomic E-state index is 12.7. The SMILES string of the molecule is CCOc1ccccc1C(=O)N1CCN(CCCCC(=O)O)CC1. The van der Waals surface area contributed by atoms with Gasteiger partial charge < -0.3 is 14.7 Å². The second-order valence-electron chi connectivity index (χ2n) is 5.91. The number of amides is 1. The van der Waals surface area contributed by atoms with Crippen LogP contribution in [-0.4, -0.2) is 66.1 Å². The first kappa shape index (κ1) is 18.3. The van der Waals surface area contributed by atoms with Gasteiger partial charge in [-0.25, -0.2) is 0 Å². The molecular formula is C18H26N2O4. The van der Waals surface area contributed by atoms with Crippen LogP contribution in [0.4, 0.5) is 0 Å². The Kier molecular flexibility index (Phi) is 7.06. The number of carbonyl (C=O) groups excluding carboxylic acids is 1. The Bertz CT molecular complexity index is 554. The minimum Gasteiger partial charge on any atom is -0.493 e. The third-order valence-electron chi connectivity index (χ3n) is 4.19. The van der Waals surface area contributed by atoms with Gasteiger partial charge in [0.1, 0.15) is 5.75 Å². The molecule has 1 aromatic rings. The fraction of sp³-hybridized carbons (Fsp3) is 0.556. The fourth-order valence-electron chi connectivity index (χ4n) is 2.88. The van der Waals surface area contributed by atoms with Gasteiger partial charge in [0.25, 0.3) is 5.91 Å². The number of carbonyl (C=O) groups is 2. The number of unbranched alkanes of at least 4 members (excludes halogenated alkanes) is 1. The number of hydrogen-bond donors (Lipinski definition) is 1. The summed E-state index contributed by atoms with van der Waals surface area (Å²) in [6.45, 7) is 6.38. The molecule has 0 bridgehead atoms. The number of piperazine rings is 1. The van der Waals surface area contributed by atoms with Gasteiger partial charge in [-0.1, -0.05) is 12.1 Å². The predicted octanol–water partition coefficient (Wildman–Crippen LogP) is 2.10. The van der Waals surface area contributed by atoms with Gasteiger partial charge in [0.05, 0.1) is 12.2 Å². The lowest BCUT2D eigenvalue weighted by molar-refractivity contribution is -0.137. The van der Waals surface area contributed by atoms with Gasteiger partial charge in [0.15, 0.2) is 0 Å². The fourth-order valence-corrected chi connectivity index (χ4v) is 2.88. The number of aliphatic carboxylic acids is 1. The van der Waals surface area contributed by atoms with E-state index in [4.69, 9.17) is 9.84 Å². The smallest absolute Gasteiger partial charge is 0.303 e. The van der Waals surface area contributed by atoms with Crippen LogP contribution >= 0.6 is 0 Å². The van der Waals surface area contributed by atoms with E-state index in [0.717, 1.165) is 26.1 Å².